The Bertz CT molecular complexity index is 943. The van der Waals surface area contributed by atoms with Crippen molar-refractivity contribution in [3.05, 3.63) is 45.2 Å². The molecule has 1 aromatic heterocycles. The number of aryl methyl sites for hydroxylation is 2. The first-order valence-corrected chi connectivity index (χ1v) is 11.2. The lowest BCUT2D eigenvalue weighted by molar-refractivity contribution is 0.113. The van der Waals surface area contributed by atoms with Crippen LogP contribution in [0.5, 0.6) is 0 Å². The van der Waals surface area contributed by atoms with E-state index in [9.17, 15) is 4.79 Å². The molecule has 1 saturated carbocycles. The van der Waals surface area contributed by atoms with Gasteiger partial charge in [-0.2, -0.15) is 0 Å². The lowest BCUT2D eigenvalue weighted by Crippen LogP contribution is -2.47. The van der Waals surface area contributed by atoms with Crippen LogP contribution in [-0.2, 0) is 11.3 Å². The molecule has 1 aromatic carbocycles. The Balaban J connectivity index is 1.56. The maximum atomic E-state index is 12.8. The van der Waals surface area contributed by atoms with E-state index in [0.717, 1.165) is 60.4 Å². The van der Waals surface area contributed by atoms with E-state index in [4.69, 9.17) is 17.0 Å². The topological polar surface area (TPSA) is 57.4 Å². The molecule has 1 aliphatic carbocycles. The molecule has 0 amide bonds. The van der Waals surface area contributed by atoms with Crippen LogP contribution in [0.1, 0.15) is 55.2 Å². The van der Waals surface area contributed by atoms with Crippen LogP contribution >= 0.6 is 12.2 Å². The quantitative estimate of drug-likeness (QED) is 0.727. The van der Waals surface area contributed by atoms with Gasteiger partial charge in [0.25, 0.3) is 5.56 Å². The summed E-state index contributed by atoms with van der Waals surface area (Å²) in [5, 5.41) is 5.23. The van der Waals surface area contributed by atoms with E-state index < -0.39 is 0 Å². The second kappa shape index (κ2) is 8.84. The summed E-state index contributed by atoms with van der Waals surface area (Å²) in [6, 6.07) is 6.64. The number of pyridine rings is 1. The highest BCUT2D eigenvalue weighted by atomic mass is 32.1. The Hall–Kier alpha value is -1.92. The molecule has 0 bridgehead atoms. The van der Waals surface area contributed by atoms with Crippen molar-refractivity contribution in [1.29, 1.82) is 0 Å². The van der Waals surface area contributed by atoms with E-state index in [1.54, 1.807) is 0 Å². The van der Waals surface area contributed by atoms with Crippen molar-refractivity contribution in [2.45, 2.75) is 71.1 Å². The molecular formula is C23H31N3O2S. The van der Waals surface area contributed by atoms with E-state index in [1.165, 1.54) is 24.0 Å². The van der Waals surface area contributed by atoms with Crippen molar-refractivity contribution < 1.29 is 4.74 Å². The molecule has 1 atom stereocenters. The summed E-state index contributed by atoms with van der Waals surface area (Å²) in [5.74, 6) is 0. The smallest absolute Gasteiger partial charge is 0.253 e. The maximum Gasteiger partial charge on any atom is 0.253 e. The third-order valence-electron chi connectivity index (χ3n) is 6.41. The van der Waals surface area contributed by atoms with Crippen LogP contribution in [-0.4, -0.2) is 40.3 Å². The molecule has 1 aliphatic heterocycles. The fourth-order valence-electron chi connectivity index (χ4n) is 4.51. The van der Waals surface area contributed by atoms with Gasteiger partial charge in [0.1, 0.15) is 0 Å². The summed E-state index contributed by atoms with van der Waals surface area (Å²) < 4.78 is 5.72. The standard InChI is InChI=1S/C23H31N3O2S/c1-15-10-17-12-18(22(27)25-21(17)11-16(15)2)14-26(19-6-3-4-7-19)23(29)24-13-20-8-5-9-28-20/h10-12,19-20H,3-9,13-14H2,1-2H3,(H,24,29)(H,25,27)/t20-/m0/s1. The summed E-state index contributed by atoms with van der Waals surface area (Å²) in [6.07, 6.45) is 7.16. The molecule has 2 fully saturated rings. The fourth-order valence-corrected chi connectivity index (χ4v) is 4.81. The number of rotatable bonds is 5. The van der Waals surface area contributed by atoms with E-state index >= 15 is 0 Å². The number of thiocarbonyl (C=S) groups is 1. The minimum absolute atomic E-state index is 0.0225. The van der Waals surface area contributed by atoms with Crippen molar-refractivity contribution in [1.82, 2.24) is 15.2 Å². The molecule has 0 unspecified atom stereocenters. The average molecular weight is 414 g/mol. The number of aromatic amines is 1. The summed E-state index contributed by atoms with van der Waals surface area (Å²) in [4.78, 5) is 18.1. The number of nitrogens with one attached hydrogen (secondary N) is 2. The van der Waals surface area contributed by atoms with Crippen molar-refractivity contribution in [2.24, 2.45) is 0 Å². The number of H-pyrrole nitrogens is 1. The van der Waals surface area contributed by atoms with Gasteiger partial charge in [-0.15, -0.1) is 0 Å². The van der Waals surface area contributed by atoms with E-state index in [2.05, 4.69) is 41.2 Å². The van der Waals surface area contributed by atoms with Crippen molar-refractivity contribution >= 4 is 28.2 Å². The number of nitrogens with zero attached hydrogens (tertiary/aromatic N) is 1. The van der Waals surface area contributed by atoms with Crippen LogP contribution in [0, 0.1) is 13.8 Å². The summed E-state index contributed by atoms with van der Waals surface area (Å²) >= 11 is 5.77. The summed E-state index contributed by atoms with van der Waals surface area (Å²) in [7, 11) is 0. The molecule has 5 nitrogen and oxygen atoms in total. The number of ether oxygens (including phenoxy) is 1. The van der Waals surface area contributed by atoms with Gasteiger partial charge < -0.3 is 19.9 Å². The van der Waals surface area contributed by atoms with Crippen LogP contribution in [0.2, 0.25) is 0 Å². The first-order chi connectivity index (χ1) is 14.0. The van der Waals surface area contributed by atoms with Crippen LogP contribution in [0.25, 0.3) is 10.9 Å². The normalized spacial score (nSPS) is 19.7. The number of hydrogen-bond donors (Lipinski definition) is 2. The number of aromatic nitrogens is 1. The van der Waals surface area contributed by atoms with Gasteiger partial charge in [-0.05, 0) is 86.5 Å². The van der Waals surface area contributed by atoms with Crippen LogP contribution in [0.3, 0.4) is 0 Å². The largest absolute Gasteiger partial charge is 0.376 e. The van der Waals surface area contributed by atoms with Crippen LogP contribution < -0.4 is 10.9 Å². The monoisotopic (exact) mass is 413 g/mol. The Labute approximate surface area is 177 Å². The molecular weight excluding hydrogens is 382 g/mol. The zero-order valence-corrected chi connectivity index (χ0v) is 18.2. The molecule has 0 radical (unpaired) electrons. The second-order valence-corrected chi connectivity index (χ2v) is 8.92. The SMILES string of the molecule is Cc1cc2cc(CN(C(=S)NC[C@@H]3CCCO3)C3CCCC3)c(=O)[nH]c2cc1C. The Morgan fingerprint density at radius 3 is 2.66 bits per heavy atom. The average Bonchev–Trinajstić information content (AvgIpc) is 3.40. The third kappa shape index (κ3) is 4.64. The number of benzene rings is 1. The Morgan fingerprint density at radius 2 is 1.93 bits per heavy atom. The number of hydrogen-bond acceptors (Lipinski definition) is 3. The van der Waals surface area contributed by atoms with Gasteiger partial charge in [0.2, 0.25) is 0 Å². The van der Waals surface area contributed by atoms with Gasteiger partial charge in [0, 0.05) is 30.3 Å². The molecule has 0 spiro atoms. The van der Waals surface area contributed by atoms with Gasteiger partial charge in [0.05, 0.1) is 12.6 Å². The molecule has 2 aliphatic rings. The van der Waals surface area contributed by atoms with Crippen LogP contribution in [0.15, 0.2) is 23.0 Å². The van der Waals surface area contributed by atoms with Gasteiger partial charge in [-0.25, -0.2) is 0 Å². The van der Waals surface area contributed by atoms with Gasteiger partial charge in [0.15, 0.2) is 5.11 Å². The molecule has 156 valence electrons. The molecule has 2 N–H and O–H groups in total. The van der Waals surface area contributed by atoms with Gasteiger partial charge in [-0.3, -0.25) is 4.79 Å². The van der Waals surface area contributed by atoms with Crippen LogP contribution in [0.4, 0.5) is 0 Å². The van der Waals surface area contributed by atoms with Crippen molar-refractivity contribution in [3.8, 4) is 0 Å². The van der Waals surface area contributed by atoms with Gasteiger partial charge >= 0.3 is 0 Å². The number of fused-ring (bicyclic) bond motifs is 1. The zero-order valence-electron chi connectivity index (χ0n) is 17.4. The minimum Gasteiger partial charge on any atom is -0.376 e. The highest BCUT2D eigenvalue weighted by Gasteiger charge is 2.26. The molecule has 6 heteroatoms. The predicted octanol–water partition coefficient (Wildman–Crippen LogP) is 3.94. The Kier molecular flexibility index (Phi) is 6.20. The molecule has 1 saturated heterocycles. The van der Waals surface area contributed by atoms with E-state index in [-0.39, 0.29) is 11.7 Å². The second-order valence-electron chi connectivity index (χ2n) is 8.53. The first-order valence-electron chi connectivity index (χ1n) is 10.8. The van der Waals surface area contributed by atoms with Gasteiger partial charge in [-0.1, -0.05) is 12.8 Å². The van der Waals surface area contributed by atoms with E-state index in [1.807, 2.05) is 6.07 Å². The lowest BCUT2D eigenvalue weighted by Gasteiger charge is -2.32. The molecule has 4 rings (SSSR count). The highest BCUT2D eigenvalue weighted by molar-refractivity contribution is 7.80. The first kappa shape index (κ1) is 20.4. The zero-order chi connectivity index (χ0) is 20.4. The molecule has 2 heterocycles. The molecule has 29 heavy (non-hydrogen) atoms. The highest BCUT2D eigenvalue weighted by Crippen LogP contribution is 2.26. The summed E-state index contributed by atoms with van der Waals surface area (Å²) in [5.41, 5.74) is 4.07. The van der Waals surface area contributed by atoms with Crippen molar-refractivity contribution in [2.75, 3.05) is 13.2 Å². The third-order valence-corrected chi connectivity index (χ3v) is 6.79. The predicted molar refractivity (Wildman–Crippen MR) is 121 cm³/mol. The minimum atomic E-state index is -0.0225. The van der Waals surface area contributed by atoms with Crippen molar-refractivity contribution in [3.63, 3.8) is 0 Å². The maximum absolute atomic E-state index is 12.8. The Morgan fingerprint density at radius 1 is 1.17 bits per heavy atom. The fraction of sp³-hybridized carbons (Fsp3) is 0.565. The molecule has 2 aromatic rings. The van der Waals surface area contributed by atoms with E-state index in [0.29, 0.717) is 12.6 Å². The lowest BCUT2D eigenvalue weighted by atomic mass is 10.0. The summed E-state index contributed by atoms with van der Waals surface area (Å²) in [6.45, 7) is 6.31.